The van der Waals surface area contributed by atoms with Gasteiger partial charge in [0.15, 0.2) is 16.8 Å². The Bertz CT molecular complexity index is 1010. The smallest absolute Gasteiger partial charge is 0.251 e. The second kappa shape index (κ2) is 8.11. The molecule has 0 aliphatic heterocycles. The molecule has 0 saturated heterocycles. The van der Waals surface area contributed by atoms with Crippen LogP contribution in [0.4, 0.5) is 0 Å². The monoisotopic (exact) mass is 408 g/mol. The summed E-state index contributed by atoms with van der Waals surface area (Å²) in [5.74, 6) is 0.0532. The number of halogens is 1. The topological polar surface area (TPSA) is 90.0 Å². The van der Waals surface area contributed by atoms with Crippen molar-refractivity contribution >= 4 is 59.0 Å². The molecule has 3 N–H and O–H groups in total. The number of nitrogens with one attached hydrogen (secondary N) is 1. The number of aromatic nitrogens is 2. The van der Waals surface area contributed by atoms with E-state index in [-0.39, 0.29) is 6.54 Å². The second-order valence-corrected chi connectivity index (χ2v) is 7.52. The van der Waals surface area contributed by atoms with Gasteiger partial charge in [0, 0.05) is 5.02 Å². The van der Waals surface area contributed by atoms with Gasteiger partial charge in [0.2, 0.25) is 0 Å². The molecular formula is C17H17ClN4O2S2. The van der Waals surface area contributed by atoms with Crippen LogP contribution in [0.3, 0.4) is 0 Å². The van der Waals surface area contributed by atoms with E-state index in [4.69, 9.17) is 17.3 Å². The van der Waals surface area contributed by atoms with Gasteiger partial charge in [-0.05, 0) is 42.5 Å². The van der Waals surface area contributed by atoms with E-state index in [1.54, 1.807) is 28.8 Å². The minimum absolute atomic E-state index is 0.0519. The fourth-order valence-electron chi connectivity index (χ4n) is 2.62. The van der Waals surface area contributed by atoms with E-state index < -0.39 is 16.9 Å². The normalized spacial score (nSPS) is 14.8. The molecule has 1 amide bonds. The number of nitrogens with zero attached hydrogens (tertiary/aromatic N) is 2. The first kappa shape index (κ1) is 18.8. The van der Waals surface area contributed by atoms with Crippen LogP contribution in [0.15, 0.2) is 34.6 Å². The van der Waals surface area contributed by atoms with Crippen molar-refractivity contribution in [2.75, 3.05) is 0 Å². The van der Waals surface area contributed by atoms with Crippen molar-refractivity contribution in [2.45, 2.75) is 24.3 Å². The summed E-state index contributed by atoms with van der Waals surface area (Å²) in [4.78, 5) is 17.4. The standard InChI is InChI=1S/C17H17ClN4O2S2/c18-11-5-7-12(8-6-11)26(24)21-16(23)9-22-15-4-2-1-3-14(15)20-17(22)13(19)10-25/h3-8,10,25H,1-2,9,19H2,(H,21,23)/b13-10-. The average molecular weight is 409 g/mol. The number of rotatable bonds is 5. The Morgan fingerprint density at radius 2 is 2.04 bits per heavy atom. The fraction of sp³-hybridized carbons (Fsp3) is 0.176. The summed E-state index contributed by atoms with van der Waals surface area (Å²) >= 11 is 9.89. The van der Waals surface area contributed by atoms with Crippen LogP contribution in [-0.2, 0) is 22.3 Å². The zero-order chi connectivity index (χ0) is 18.7. The summed E-state index contributed by atoms with van der Waals surface area (Å²) < 4.78 is 16.5. The summed E-state index contributed by atoms with van der Waals surface area (Å²) in [5.41, 5.74) is 6.32. The van der Waals surface area contributed by atoms with Crippen molar-refractivity contribution in [3.8, 4) is 0 Å². The molecule has 1 aliphatic rings. The maximum absolute atomic E-state index is 12.4. The van der Waals surface area contributed by atoms with E-state index in [2.05, 4.69) is 22.3 Å². The van der Waals surface area contributed by atoms with Crippen molar-refractivity contribution in [2.24, 2.45) is 5.73 Å². The van der Waals surface area contributed by atoms with Crippen LogP contribution in [0.2, 0.25) is 5.02 Å². The van der Waals surface area contributed by atoms with Crippen LogP contribution < -0.4 is 21.2 Å². The Hall–Kier alpha value is -2.03. The second-order valence-electron chi connectivity index (χ2n) is 5.61. The van der Waals surface area contributed by atoms with Crippen LogP contribution in [0.25, 0.3) is 17.8 Å². The SMILES string of the molecule is N/C(=C\S)c1nc2c(n1CC(=O)NS(=O)c1ccc(Cl)cc1)=CCCC=2. The first-order valence-corrected chi connectivity index (χ1v) is 9.88. The van der Waals surface area contributed by atoms with Gasteiger partial charge in [-0.25, -0.2) is 9.19 Å². The number of carbonyl (C=O) groups excluding carboxylic acids is 1. The molecule has 1 aromatic carbocycles. The Balaban J connectivity index is 1.85. The molecule has 1 aliphatic carbocycles. The molecule has 0 saturated carbocycles. The molecule has 0 fully saturated rings. The van der Waals surface area contributed by atoms with E-state index in [1.165, 1.54) is 5.41 Å². The third kappa shape index (κ3) is 4.03. The van der Waals surface area contributed by atoms with Crippen molar-refractivity contribution < 1.29 is 9.00 Å². The number of hydrogen-bond donors (Lipinski definition) is 3. The molecule has 2 aromatic rings. The molecule has 1 atom stereocenters. The largest absolute Gasteiger partial charge is 0.395 e. The van der Waals surface area contributed by atoms with E-state index in [0.717, 1.165) is 23.5 Å². The lowest BCUT2D eigenvalue weighted by Crippen LogP contribution is -2.37. The number of amides is 1. The lowest BCUT2D eigenvalue weighted by molar-refractivity contribution is -0.119. The predicted octanol–water partition coefficient (Wildman–Crippen LogP) is 0.917. The Morgan fingerprint density at radius 1 is 1.35 bits per heavy atom. The molecule has 136 valence electrons. The van der Waals surface area contributed by atoms with Crippen LogP contribution in [0, 0.1) is 0 Å². The Kier molecular flexibility index (Phi) is 5.85. The molecule has 9 heteroatoms. The molecule has 1 aromatic heterocycles. The predicted molar refractivity (Wildman–Crippen MR) is 107 cm³/mol. The maximum atomic E-state index is 12.4. The minimum atomic E-state index is -1.67. The molecular weight excluding hydrogens is 392 g/mol. The number of benzene rings is 1. The molecule has 26 heavy (non-hydrogen) atoms. The highest BCUT2D eigenvalue weighted by molar-refractivity contribution is 7.83. The van der Waals surface area contributed by atoms with E-state index in [0.29, 0.717) is 21.4 Å². The van der Waals surface area contributed by atoms with Crippen molar-refractivity contribution in [3.63, 3.8) is 0 Å². The van der Waals surface area contributed by atoms with Crippen molar-refractivity contribution in [3.05, 3.63) is 51.2 Å². The van der Waals surface area contributed by atoms with E-state index >= 15 is 0 Å². The van der Waals surface area contributed by atoms with Gasteiger partial charge in [-0.3, -0.25) is 9.52 Å². The molecule has 1 unspecified atom stereocenters. The van der Waals surface area contributed by atoms with Crippen LogP contribution >= 0.6 is 24.2 Å². The van der Waals surface area contributed by atoms with Gasteiger partial charge in [0.1, 0.15) is 6.54 Å². The quantitative estimate of drug-likeness (QED) is 0.642. The average Bonchev–Trinajstić information content (AvgIpc) is 3.00. The zero-order valence-corrected chi connectivity index (χ0v) is 16.2. The van der Waals surface area contributed by atoms with Gasteiger partial charge in [0.25, 0.3) is 5.91 Å². The molecule has 3 rings (SSSR count). The highest BCUT2D eigenvalue weighted by Crippen LogP contribution is 2.12. The van der Waals surface area contributed by atoms with Gasteiger partial charge < -0.3 is 10.3 Å². The minimum Gasteiger partial charge on any atom is -0.395 e. The number of carbonyl (C=O) groups is 1. The highest BCUT2D eigenvalue weighted by Gasteiger charge is 2.16. The molecule has 1 heterocycles. The first-order valence-electron chi connectivity index (χ1n) is 7.83. The van der Waals surface area contributed by atoms with Crippen LogP contribution in [-0.4, -0.2) is 19.7 Å². The summed E-state index contributed by atoms with van der Waals surface area (Å²) in [6.07, 6.45) is 5.77. The third-order valence-corrected chi connectivity index (χ3v) is 5.45. The van der Waals surface area contributed by atoms with E-state index in [1.807, 2.05) is 12.2 Å². The number of hydrogen-bond acceptors (Lipinski definition) is 5. The van der Waals surface area contributed by atoms with Gasteiger partial charge in [-0.2, -0.15) is 0 Å². The van der Waals surface area contributed by atoms with Crippen LogP contribution in [0.1, 0.15) is 18.7 Å². The fourth-order valence-corrected chi connectivity index (χ4v) is 3.64. The highest BCUT2D eigenvalue weighted by atomic mass is 35.5. The third-order valence-electron chi connectivity index (χ3n) is 3.81. The Morgan fingerprint density at radius 3 is 2.73 bits per heavy atom. The number of imidazole rings is 1. The number of nitrogens with two attached hydrogens (primary N) is 1. The summed E-state index contributed by atoms with van der Waals surface area (Å²) in [7, 11) is -1.67. The molecule has 0 bridgehead atoms. The molecule has 0 radical (unpaired) electrons. The van der Waals surface area contributed by atoms with Gasteiger partial charge in [-0.1, -0.05) is 23.8 Å². The van der Waals surface area contributed by atoms with Crippen LogP contribution in [0.5, 0.6) is 0 Å². The summed E-state index contributed by atoms with van der Waals surface area (Å²) in [5, 5.41) is 3.59. The van der Waals surface area contributed by atoms with Gasteiger partial charge in [0.05, 0.1) is 21.3 Å². The zero-order valence-electron chi connectivity index (χ0n) is 13.7. The Labute approximate surface area is 163 Å². The summed E-state index contributed by atoms with van der Waals surface area (Å²) in [6.45, 7) is -0.0519. The first-order chi connectivity index (χ1) is 12.5. The van der Waals surface area contributed by atoms with Crippen molar-refractivity contribution in [1.29, 1.82) is 0 Å². The number of thiol groups is 1. The van der Waals surface area contributed by atoms with Crippen molar-refractivity contribution in [1.82, 2.24) is 14.3 Å². The maximum Gasteiger partial charge on any atom is 0.251 e. The summed E-state index contributed by atoms with van der Waals surface area (Å²) in [6, 6.07) is 6.45. The lowest BCUT2D eigenvalue weighted by Gasteiger charge is -2.10. The molecule has 0 spiro atoms. The molecule has 6 nitrogen and oxygen atoms in total. The van der Waals surface area contributed by atoms with Gasteiger partial charge in [-0.15, -0.1) is 12.6 Å². The lowest BCUT2D eigenvalue weighted by atomic mass is 10.2. The van der Waals surface area contributed by atoms with Gasteiger partial charge >= 0.3 is 0 Å². The number of fused-ring (bicyclic) bond motifs is 1. The van der Waals surface area contributed by atoms with E-state index in [9.17, 15) is 9.00 Å².